The smallest absolute Gasteiger partial charge is 0.150 e. The van der Waals surface area contributed by atoms with E-state index in [9.17, 15) is 0 Å². The summed E-state index contributed by atoms with van der Waals surface area (Å²) in [5.41, 5.74) is 0. The lowest BCUT2D eigenvalue weighted by atomic mass is 10.2. The number of hydrogen-bond donors (Lipinski definition) is 0. The van der Waals surface area contributed by atoms with Crippen LogP contribution in [0.15, 0.2) is 0 Å². The maximum Gasteiger partial charge on any atom is 0.343 e. The molecule has 0 aliphatic rings. The highest BCUT2D eigenvalue weighted by atomic mass is 35.8. The van der Waals surface area contributed by atoms with Gasteiger partial charge in [-0.1, -0.05) is 19.3 Å². The number of rotatable bonds is 8. The van der Waals surface area contributed by atoms with Crippen molar-refractivity contribution in [1.82, 2.24) is 0 Å². The predicted octanol–water partition coefficient (Wildman–Crippen LogP) is 5.51. The Morgan fingerprint density at radius 2 is 1.44 bits per heavy atom. The van der Waals surface area contributed by atoms with Crippen LogP contribution in [0.5, 0.6) is 0 Å². The van der Waals surface area contributed by atoms with Crippen LogP contribution in [0.2, 0.25) is 11.2 Å². The van der Waals surface area contributed by atoms with Gasteiger partial charge in [-0.05, 0) is 12.5 Å². The molecule has 1 atom stereocenters. The summed E-state index contributed by atoms with van der Waals surface area (Å²) in [6.45, 7) is 0. The van der Waals surface area contributed by atoms with Gasteiger partial charge >= 0.3 is 6.00 Å². The summed E-state index contributed by atoms with van der Waals surface area (Å²) in [5, 5.41) is -0.0686. The van der Waals surface area contributed by atoms with Crippen LogP contribution in [-0.4, -0.2) is 20.8 Å². The van der Waals surface area contributed by atoms with E-state index in [1.165, 1.54) is 0 Å². The first kappa shape index (κ1) is 18.7. The zero-order valence-corrected chi connectivity index (χ0v) is 17.0. The summed E-state index contributed by atoms with van der Waals surface area (Å²) in [5.74, 6) is 0. The summed E-state index contributed by atoms with van der Waals surface area (Å²) in [6.07, 6.45) is 3.87. The molecule has 0 N–H and O–H groups in total. The molecule has 0 rings (SSSR count). The minimum absolute atomic E-state index is 0.0686. The van der Waals surface area contributed by atoms with Crippen LogP contribution in [0.4, 0.5) is 0 Å². The van der Waals surface area contributed by atoms with Crippen molar-refractivity contribution in [3.63, 3.8) is 0 Å². The zero-order valence-electron chi connectivity index (χ0n) is 8.41. The van der Waals surface area contributed by atoms with Gasteiger partial charge < -0.3 is 0 Å². The van der Waals surface area contributed by atoms with E-state index in [1.807, 2.05) is 0 Å². The molecule has 0 saturated carbocycles. The highest BCUT2D eigenvalue weighted by molar-refractivity contribution is 7.68. The molecule has 0 saturated heterocycles. The first-order valence-corrected chi connectivity index (χ1v) is 18.5. The molecule has 98 valence electrons. The summed E-state index contributed by atoms with van der Waals surface area (Å²) in [7, 11) is -3.37. The van der Waals surface area contributed by atoms with Gasteiger partial charge in [0.25, 0.3) is 0 Å². The minimum atomic E-state index is -2.76. The summed E-state index contributed by atoms with van der Waals surface area (Å²) >= 11 is 41.3. The van der Waals surface area contributed by atoms with Crippen LogP contribution >= 0.6 is 77.6 Å². The third-order valence-corrected chi connectivity index (χ3v) is 16.4. The van der Waals surface area contributed by atoms with Gasteiger partial charge in [-0.2, -0.15) is 44.3 Å². The van der Waals surface area contributed by atoms with E-state index in [-0.39, 0.29) is 5.16 Å². The zero-order chi connectivity index (χ0) is 12.8. The van der Waals surface area contributed by atoms with E-state index in [2.05, 4.69) is 0 Å². The second-order valence-corrected chi connectivity index (χ2v) is 23.3. The van der Waals surface area contributed by atoms with E-state index in [0.29, 0.717) is 0 Å². The highest BCUT2D eigenvalue weighted by Gasteiger charge is 2.41. The van der Waals surface area contributed by atoms with Gasteiger partial charge in [0.1, 0.15) is 0 Å². The monoisotopic (exact) mass is 414 g/mol. The summed E-state index contributed by atoms with van der Waals surface area (Å²) < 4.78 is 0. The SMILES string of the molecule is Cl[SiH](Cl)CCCCCC([SiH](Cl)Cl)[Si](Cl)(Cl)Cl. The molecule has 10 heteroatoms. The number of unbranched alkanes of at least 4 members (excludes halogenated alkanes) is 2. The fraction of sp³-hybridized carbons (Fsp3) is 1.00. The number of hydrogen-bond acceptors (Lipinski definition) is 0. The first-order chi connectivity index (χ1) is 7.25. The molecule has 0 aliphatic carbocycles. The molecule has 0 aromatic heterocycles. The van der Waals surface area contributed by atoms with E-state index in [0.717, 1.165) is 31.7 Å². The second-order valence-electron chi connectivity index (χ2n) is 3.51. The van der Waals surface area contributed by atoms with Crippen molar-refractivity contribution in [2.45, 2.75) is 36.9 Å². The third kappa shape index (κ3) is 9.59. The van der Waals surface area contributed by atoms with Crippen molar-refractivity contribution < 1.29 is 0 Å². The normalized spacial score (nSPS) is 14.8. The van der Waals surface area contributed by atoms with Crippen molar-refractivity contribution in [3.05, 3.63) is 0 Å². The molecule has 16 heavy (non-hydrogen) atoms. The molecule has 1 unspecified atom stereocenters. The first-order valence-electron chi connectivity index (χ1n) is 4.88. The standard InChI is InChI=1S/C6H13Cl7Si3/c7-14(8)5-3-1-2-4-6(15(9)10)16(11,12)13/h6,14-15H,1-5H2. The Kier molecular flexibility index (Phi) is 11.2. The highest BCUT2D eigenvalue weighted by Crippen LogP contribution is 2.41. The van der Waals surface area contributed by atoms with Crippen LogP contribution < -0.4 is 0 Å². The Hall–Kier alpha value is 2.68. The average molecular weight is 418 g/mol. The molecule has 0 fully saturated rings. The third-order valence-electron chi connectivity index (χ3n) is 2.16. The van der Waals surface area contributed by atoms with Gasteiger partial charge in [0.15, 0.2) is 0 Å². The van der Waals surface area contributed by atoms with Gasteiger partial charge in [0, 0.05) is 5.16 Å². The van der Waals surface area contributed by atoms with E-state index >= 15 is 0 Å². The lowest BCUT2D eigenvalue weighted by molar-refractivity contribution is 0.685. The molecule has 0 bridgehead atoms. The Bertz CT molecular complexity index is 183. The van der Waals surface area contributed by atoms with Crippen molar-refractivity contribution in [2.75, 3.05) is 0 Å². The largest absolute Gasteiger partial charge is 0.343 e. The van der Waals surface area contributed by atoms with Crippen LogP contribution in [-0.2, 0) is 0 Å². The Balaban J connectivity index is 3.79. The van der Waals surface area contributed by atoms with Crippen LogP contribution in [0.25, 0.3) is 0 Å². The summed E-state index contributed by atoms with van der Waals surface area (Å²) in [6, 6.07) is -1.83. The van der Waals surface area contributed by atoms with Crippen molar-refractivity contribution in [2.24, 2.45) is 0 Å². The van der Waals surface area contributed by atoms with Crippen molar-refractivity contribution in [3.8, 4) is 0 Å². The molecule has 0 aliphatic heterocycles. The Morgan fingerprint density at radius 1 is 0.875 bits per heavy atom. The molecular formula is C6H13Cl7Si3. The lowest BCUT2D eigenvalue weighted by Gasteiger charge is -2.21. The minimum Gasteiger partial charge on any atom is -0.150 e. The Morgan fingerprint density at radius 3 is 1.81 bits per heavy atom. The number of halogens is 7. The van der Waals surface area contributed by atoms with Gasteiger partial charge in [0.2, 0.25) is 14.8 Å². The van der Waals surface area contributed by atoms with E-state index in [1.54, 1.807) is 0 Å². The fourth-order valence-corrected chi connectivity index (χ4v) is 17.0. The molecule has 0 aromatic carbocycles. The van der Waals surface area contributed by atoms with Crippen LogP contribution in [0.3, 0.4) is 0 Å². The molecule has 0 spiro atoms. The van der Waals surface area contributed by atoms with E-state index < -0.39 is 20.8 Å². The van der Waals surface area contributed by atoms with E-state index in [4.69, 9.17) is 77.6 Å². The fourth-order valence-electron chi connectivity index (χ4n) is 1.27. The van der Waals surface area contributed by atoms with Gasteiger partial charge in [0.05, 0.1) is 0 Å². The van der Waals surface area contributed by atoms with Gasteiger partial charge in [-0.25, -0.2) is 0 Å². The molecular weight excluding hydrogens is 404 g/mol. The van der Waals surface area contributed by atoms with Gasteiger partial charge in [-0.15, -0.1) is 33.2 Å². The Labute approximate surface area is 134 Å². The maximum atomic E-state index is 5.96. The molecule has 0 amide bonds. The van der Waals surface area contributed by atoms with Crippen LogP contribution in [0, 0.1) is 0 Å². The molecule has 0 aromatic rings. The topological polar surface area (TPSA) is 0 Å². The summed E-state index contributed by atoms with van der Waals surface area (Å²) in [4.78, 5) is 0. The molecule has 0 heterocycles. The molecule has 0 radical (unpaired) electrons. The quantitative estimate of drug-likeness (QED) is 0.278. The second kappa shape index (κ2) is 9.56. The lowest BCUT2D eigenvalue weighted by Crippen LogP contribution is -2.27. The van der Waals surface area contributed by atoms with Crippen molar-refractivity contribution >= 4 is 98.4 Å². The van der Waals surface area contributed by atoms with Crippen LogP contribution in [0.1, 0.15) is 25.7 Å². The molecule has 0 nitrogen and oxygen atoms in total. The predicted molar refractivity (Wildman–Crippen MR) is 88.0 cm³/mol. The van der Waals surface area contributed by atoms with Gasteiger partial charge in [-0.3, -0.25) is 0 Å². The average Bonchev–Trinajstić information content (AvgIpc) is 2.07. The van der Waals surface area contributed by atoms with Crippen molar-refractivity contribution in [1.29, 1.82) is 0 Å². The maximum absolute atomic E-state index is 5.96.